The second kappa shape index (κ2) is 11.5. The van der Waals surface area contributed by atoms with Gasteiger partial charge in [-0.1, -0.05) is 72.8 Å². The normalized spacial score (nSPS) is 12.8. The third-order valence-corrected chi connectivity index (χ3v) is 9.92. The molecule has 50 heavy (non-hydrogen) atoms. The monoisotopic (exact) mass is 637 g/mol. The molecule has 232 valence electrons. The minimum Gasteiger partial charge on any atom is -0.309 e. The van der Waals surface area contributed by atoms with Crippen molar-refractivity contribution in [1.82, 2.24) is 9.13 Å². The highest BCUT2D eigenvalue weighted by molar-refractivity contribution is 6.12. The summed E-state index contributed by atoms with van der Waals surface area (Å²) >= 11 is 0. The van der Waals surface area contributed by atoms with Crippen molar-refractivity contribution >= 4 is 54.8 Å². The molecule has 0 unspecified atom stereocenters. The Morgan fingerprint density at radius 2 is 1.22 bits per heavy atom. The van der Waals surface area contributed by atoms with Gasteiger partial charge in [-0.2, -0.15) is 15.8 Å². The van der Waals surface area contributed by atoms with Gasteiger partial charge in [-0.05, 0) is 96.3 Å². The molecule has 1 aliphatic rings. The van der Waals surface area contributed by atoms with E-state index in [1.54, 1.807) is 0 Å². The molecule has 0 N–H and O–H groups in total. The Labute approximate surface area is 288 Å². The van der Waals surface area contributed by atoms with Crippen LogP contribution >= 0.6 is 0 Å². The Morgan fingerprint density at radius 3 is 2.00 bits per heavy atom. The van der Waals surface area contributed by atoms with Crippen molar-refractivity contribution in [1.29, 1.82) is 15.8 Å². The lowest BCUT2D eigenvalue weighted by Crippen LogP contribution is -2.03. The summed E-state index contributed by atoms with van der Waals surface area (Å²) in [7, 11) is 0. The van der Waals surface area contributed by atoms with Crippen LogP contribution in [0.3, 0.4) is 0 Å². The number of rotatable bonds is 4. The summed E-state index contributed by atoms with van der Waals surface area (Å²) in [5.74, 6) is 0. The lowest BCUT2D eigenvalue weighted by atomic mass is 9.88. The number of hydrogen-bond acceptors (Lipinski definition) is 3. The van der Waals surface area contributed by atoms with E-state index in [4.69, 9.17) is 0 Å². The fourth-order valence-corrected chi connectivity index (χ4v) is 7.74. The summed E-state index contributed by atoms with van der Waals surface area (Å²) in [6.45, 7) is 0. The first-order valence-corrected chi connectivity index (χ1v) is 16.6. The molecule has 0 saturated heterocycles. The number of benzene rings is 6. The van der Waals surface area contributed by atoms with Crippen molar-refractivity contribution in [2.24, 2.45) is 0 Å². The zero-order valence-electron chi connectivity index (χ0n) is 26.9. The summed E-state index contributed by atoms with van der Waals surface area (Å²) in [4.78, 5) is 0. The Bertz CT molecular complexity index is 2890. The molecule has 0 saturated carbocycles. The Hall–Kier alpha value is -7.13. The summed E-state index contributed by atoms with van der Waals surface area (Å²) in [5.41, 5.74) is 12.2. The van der Waals surface area contributed by atoms with Crippen molar-refractivity contribution in [2.45, 2.75) is 12.8 Å². The van der Waals surface area contributed by atoms with Crippen LogP contribution in [0.1, 0.15) is 40.7 Å². The van der Waals surface area contributed by atoms with Crippen molar-refractivity contribution in [3.05, 3.63) is 167 Å². The first-order valence-electron chi connectivity index (χ1n) is 16.6. The van der Waals surface area contributed by atoms with E-state index in [9.17, 15) is 15.8 Å². The molecule has 0 aliphatic heterocycles. The minimum absolute atomic E-state index is 0.615. The zero-order valence-corrected chi connectivity index (χ0v) is 26.9. The number of para-hydroxylation sites is 2. The van der Waals surface area contributed by atoms with E-state index in [1.807, 2.05) is 66.7 Å². The summed E-state index contributed by atoms with van der Waals surface area (Å²) in [6, 6.07) is 49.9. The molecule has 5 nitrogen and oxygen atoms in total. The van der Waals surface area contributed by atoms with Gasteiger partial charge in [-0.3, -0.25) is 0 Å². The first kappa shape index (κ1) is 29.0. The molecule has 0 atom stereocenters. The van der Waals surface area contributed by atoms with Crippen LogP contribution < -0.4 is 0 Å². The number of hydrogen-bond donors (Lipinski definition) is 0. The third kappa shape index (κ3) is 4.37. The maximum Gasteiger partial charge on any atom is 0.0998 e. The average molecular weight is 638 g/mol. The highest BCUT2D eigenvalue weighted by atomic mass is 15.0. The summed E-state index contributed by atoms with van der Waals surface area (Å²) in [6.07, 6.45) is 6.22. The summed E-state index contributed by atoms with van der Waals surface area (Å²) in [5, 5.41) is 34.0. The Kier molecular flexibility index (Phi) is 6.70. The Balaban J connectivity index is 1.16. The molecule has 9 rings (SSSR count). The Morgan fingerprint density at radius 1 is 0.540 bits per heavy atom. The van der Waals surface area contributed by atoms with E-state index >= 15 is 0 Å². The van der Waals surface area contributed by atoms with Gasteiger partial charge in [0.15, 0.2) is 0 Å². The SMILES string of the molecule is N#Cc1ccc2c(c1)c1ccccc1n2-c1cccc(C#N)c1C1=CCCC(c2ccc(-n3c4ccccc4c4c(C#N)cccc43)cc2)=C1. The second-order valence-corrected chi connectivity index (χ2v) is 12.6. The van der Waals surface area contributed by atoms with Gasteiger partial charge in [-0.25, -0.2) is 0 Å². The molecule has 0 amide bonds. The van der Waals surface area contributed by atoms with Gasteiger partial charge in [0, 0.05) is 32.8 Å². The number of fused-ring (bicyclic) bond motifs is 6. The minimum atomic E-state index is 0.615. The highest BCUT2D eigenvalue weighted by Crippen LogP contribution is 2.40. The number of allylic oxidation sites excluding steroid dienone is 4. The molecule has 2 aromatic heterocycles. The van der Waals surface area contributed by atoms with Gasteiger partial charge in [0.25, 0.3) is 0 Å². The third-order valence-electron chi connectivity index (χ3n) is 9.92. The first-order chi connectivity index (χ1) is 24.7. The molecule has 0 fully saturated rings. The predicted molar refractivity (Wildman–Crippen MR) is 201 cm³/mol. The van der Waals surface area contributed by atoms with Gasteiger partial charge in [-0.15, -0.1) is 0 Å². The fraction of sp³-hybridized carbons (Fsp3) is 0.0444. The maximum absolute atomic E-state index is 10.4. The van der Waals surface area contributed by atoms with Crippen LogP contribution in [0.2, 0.25) is 0 Å². The van der Waals surface area contributed by atoms with Crippen molar-refractivity contribution in [3.63, 3.8) is 0 Å². The topological polar surface area (TPSA) is 81.2 Å². The highest BCUT2D eigenvalue weighted by Gasteiger charge is 2.21. The smallest absolute Gasteiger partial charge is 0.0998 e. The van der Waals surface area contributed by atoms with E-state index in [1.165, 1.54) is 5.57 Å². The van der Waals surface area contributed by atoms with Gasteiger partial charge < -0.3 is 9.13 Å². The van der Waals surface area contributed by atoms with E-state index in [-0.39, 0.29) is 0 Å². The lowest BCUT2D eigenvalue weighted by Gasteiger charge is -2.20. The average Bonchev–Trinajstić information content (AvgIpc) is 3.70. The van der Waals surface area contributed by atoms with Crippen LogP contribution in [-0.2, 0) is 0 Å². The largest absolute Gasteiger partial charge is 0.309 e. The van der Waals surface area contributed by atoms with Crippen LogP contribution in [0.25, 0.3) is 66.1 Å². The lowest BCUT2D eigenvalue weighted by molar-refractivity contribution is 1.05. The van der Waals surface area contributed by atoms with Crippen LogP contribution in [0.15, 0.2) is 140 Å². The van der Waals surface area contributed by atoms with Crippen molar-refractivity contribution in [2.75, 3.05) is 0 Å². The number of nitriles is 3. The quantitative estimate of drug-likeness (QED) is 0.193. The van der Waals surface area contributed by atoms with E-state index in [0.29, 0.717) is 16.7 Å². The van der Waals surface area contributed by atoms with Crippen LogP contribution in [0.4, 0.5) is 0 Å². The van der Waals surface area contributed by atoms with Crippen molar-refractivity contribution in [3.8, 4) is 29.6 Å². The molecule has 1 aliphatic carbocycles. The molecule has 0 radical (unpaired) electrons. The predicted octanol–water partition coefficient (Wildman–Crippen LogP) is 10.8. The van der Waals surface area contributed by atoms with Gasteiger partial charge in [0.1, 0.15) is 0 Å². The van der Waals surface area contributed by atoms with E-state index < -0.39 is 0 Å². The molecule has 0 spiro atoms. The fourth-order valence-electron chi connectivity index (χ4n) is 7.74. The molecular weight excluding hydrogens is 611 g/mol. The van der Waals surface area contributed by atoms with E-state index in [0.717, 1.165) is 84.5 Å². The van der Waals surface area contributed by atoms with Gasteiger partial charge >= 0.3 is 0 Å². The van der Waals surface area contributed by atoms with E-state index in [2.05, 4.69) is 100 Å². The van der Waals surface area contributed by atoms with Gasteiger partial charge in [0.05, 0.1) is 62.7 Å². The van der Waals surface area contributed by atoms with Gasteiger partial charge in [0.2, 0.25) is 0 Å². The van der Waals surface area contributed by atoms with Crippen LogP contribution in [-0.4, -0.2) is 9.13 Å². The van der Waals surface area contributed by atoms with Crippen molar-refractivity contribution < 1.29 is 0 Å². The maximum atomic E-state index is 10.4. The molecule has 0 bridgehead atoms. The number of aromatic nitrogens is 2. The zero-order chi connectivity index (χ0) is 33.8. The molecule has 6 aromatic carbocycles. The molecular formula is C45H27N5. The molecule has 5 heteroatoms. The standard InChI is InChI=1S/C45H27N5/c46-26-29-18-23-41-38(24-29)36-12-1-3-14-39(36)50(41)42-16-6-10-33(27-47)44(42)32-9-5-8-31(25-32)30-19-21-35(22-20-30)49-40-15-4-2-13-37(40)45-34(28-48)11-7-17-43(45)49/h1-4,6-7,9-25H,5,8H2. The summed E-state index contributed by atoms with van der Waals surface area (Å²) < 4.78 is 4.46. The van der Waals surface area contributed by atoms with Crippen LogP contribution in [0, 0.1) is 34.0 Å². The number of nitrogens with zero attached hydrogens (tertiary/aromatic N) is 5. The second-order valence-electron chi connectivity index (χ2n) is 12.6. The van der Waals surface area contributed by atoms with Crippen LogP contribution in [0.5, 0.6) is 0 Å². The molecule has 8 aromatic rings. The molecule has 2 heterocycles.